The van der Waals surface area contributed by atoms with E-state index in [1.54, 1.807) is 13.8 Å². The maximum absolute atomic E-state index is 11.1. The van der Waals surface area contributed by atoms with Gasteiger partial charge in [-0.05, 0) is 43.9 Å². The van der Waals surface area contributed by atoms with Crippen molar-refractivity contribution in [3.8, 4) is 11.5 Å². The second kappa shape index (κ2) is 5.71. The highest BCUT2D eigenvalue weighted by Crippen LogP contribution is 2.34. The summed E-state index contributed by atoms with van der Waals surface area (Å²) in [7, 11) is 0. The minimum absolute atomic E-state index is 0.230. The Balaban J connectivity index is 2.02. The second-order valence-corrected chi connectivity index (χ2v) is 5.34. The molecule has 0 saturated carbocycles. The number of ether oxygens (including phenoxy) is 2. The predicted octanol–water partition coefficient (Wildman–Crippen LogP) is 2.21. The lowest BCUT2D eigenvalue weighted by Crippen LogP contribution is -2.39. The van der Waals surface area contributed by atoms with Gasteiger partial charge in [0.25, 0.3) is 0 Å². The number of hydrogen-bond acceptors (Lipinski definition) is 4. The molecule has 0 fully saturated rings. The van der Waals surface area contributed by atoms with Gasteiger partial charge in [-0.15, -0.1) is 0 Å². The van der Waals surface area contributed by atoms with E-state index in [0.717, 1.165) is 11.3 Å². The van der Waals surface area contributed by atoms with E-state index < -0.39 is 17.5 Å². The first-order valence-electron chi connectivity index (χ1n) is 6.77. The molecule has 2 rings (SSSR count). The molecule has 1 aromatic rings. The number of carboxylic acid groups (broad SMARTS) is 1. The number of rotatable bonds is 6. The Labute approximate surface area is 118 Å². The van der Waals surface area contributed by atoms with Crippen LogP contribution in [0.1, 0.15) is 32.3 Å². The van der Waals surface area contributed by atoms with E-state index in [1.165, 1.54) is 0 Å². The summed E-state index contributed by atoms with van der Waals surface area (Å²) in [5, 5.41) is 19.5. The summed E-state index contributed by atoms with van der Waals surface area (Å²) in [6.45, 7) is 3.59. The molecule has 0 saturated heterocycles. The lowest BCUT2D eigenvalue weighted by Gasteiger charge is -2.29. The van der Waals surface area contributed by atoms with Gasteiger partial charge in [-0.3, -0.25) is 4.79 Å². The summed E-state index contributed by atoms with van der Waals surface area (Å²) >= 11 is 0. The van der Waals surface area contributed by atoms with E-state index in [2.05, 4.69) is 0 Å². The number of hydrogen-bond donors (Lipinski definition) is 2. The van der Waals surface area contributed by atoms with Gasteiger partial charge in [0.1, 0.15) is 0 Å². The number of benzene rings is 1. The average molecular weight is 280 g/mol. The molecular formula is C15H20O5. The van der Waals surface area contributed by atoms with Crippen LogP contribution in [0.25, 0.3) is 0 Å². The van der Waals surface area contributed by atoms with Crippen molar-refractivity contribution in [3.05, 3.63) is 23.8 Å². The van der Waals surface area contributed by atoms with Gasteiger partial charge in [0.15, 0.2) is 11.5 Å². The Hall–Kier alpha value is -1.75. The molecule has 0 aromatic heterocycles. The average Bonchev–Trinajstić information content (AvgIpc) is 2.83. The molecule has 1 heterocycles. The molecule has 1 aliphatic heterocycles. The first-order chi connectivity index (χ1) is 9.44. The quantitative estimate of drug-likeness (QED) is 0.835. The fourth-order valence-corrected chi connectivity index (χ4v) is 2.55. The topological polar surface area (TPSA) is 76.0 Å². The molecule has 2 unspecified atom stereocenters. The van der Waals surface area contributed by atoms with Crippen LogP contribution in [0.5, 0.6) is 11.5 Å². The van der Waals surface area contributed by atoms with E-state index in [4.69, 9.17) is 14.6 Å². The molecule has 0 bridgehead atoms. The van der Waals surface area contributed by atoms with Gasteiger partial charge in [0, 0.05) is 0 Å². The Morgan fingerprint density at radius 3 is 2.75 bits per heavy atom. The standard InChI is InChI=1S/C15H20O5/c1-3-11(14(16)17)15(2,18)7-6-10-4-5-12-13(8-10)20-9-19-12/h4-5,8,11,18H,3,6-7,9H2,1-2H3,(H,16,17). The fraction of sp³-hybridized carbons (Fsp3) is 0.533. The molecule has 1 aromatic carbocycles. The summed E-state index contributed by atoms with van der Waals surface area (Å²) in [5.41, 5.74) is -0.230. The normalized spacial score (nSPS) is 17.6. The molecule has 0 amide bonds. The van der Waals surface area contributed by atoms with Crippen molar-refractivity contribution >= 4 is 5.97 Å². The predicted molar refractivity (Wildman–Crippen MR) is 72.9 cm³/mol. The number of carbonyl (C=O) groups is 1. The van der Waals surface area contributed by atoms with Gasteiger partial charge in [-0.1, -0.05) is 13.0 Å². The zero-order valence-corrected chi connectivity index (χ0v) is 11.8. The number of carboxylic acids is 1. The van der Waals surface area contributed by atoms with E-state index >= 15 is 0 Å². The Bertz CT molecular complexity index is 495. The summed E-state index contributed by atoms with van der Waals surface area (Å²) < 4.78 is 10.5. The smallest absolute Gasteiger partial charge is 0.309 e. The van der Waals surface area contributed by atoms with Gasteiger partial charge < -0.3 is 19.7 Å². The number of fused-ring (bicyclic) bond motifs is 1. The van der Waals surface area contributed by atoms with Crippen molar-refractivity contribution in [2.45, 2.75) is 38.7 Å². The first-order valence-corrected chi connectivity index (χ1v) is 6.77. The second-order valence-electron chi connectivity index (χ2n) is 5.34. The molecule has 20 heavy (non-hydrogen) atoms. The number of aryl methyl sites for hydroxylation is 1. The summed E-state index contributed by atoms with van der Waals surface area (Å²) in [4.78, 5) is 11.1. The van der Waals surface area contributed by atoms with Crippen LogP contribution in [0.3, 0.4) is 0 Å². The highest BCUT2D eigenvalue weighted by molar-refractivity contribution is 5.71. The van der Waals surface area contributed by atoms with Crippen LogP contribution in [0, 0.1) is 5.92 Å². The van der Waals surface area contributed by atoms with Crippen molar-refractivity contribution in [3.63, 3.8) is 0 Å². The van der Waals surface area contributed by atoms with Gasteiger partial charge in [0.2, 0.25) is 6.79 Å². The largest absolute Gasteiger partial charge is 0.481 e. The third kappa shape index (κ3) is 3.04. The van der Waals surface area contributed by atoms with E-state index in [-0.39, 0.29) is 6.79 Å². The van der Waals surface area contributed by atoms with Crippen LogP contribution >= 0.6 is 0 Å². The first kappa shape index (κ1) is 14.7. The van der Waals surface area contributed by atoms with Crippen molar-refractivity contribution in [2.24, 2.45) is 5.92 Å². The molecule has 0 spiro atoms. The zero-order chi connectivity index (χ0) is 14.8. The van der Waals surface area contributed by atoms with Crippen LogP contribution < -0.4 is 9.47 Å². The van der Waals surface area contributed by atoms with Crippen LogP contribution in [-0.4, -0.2) is 28.6 Å². The van der Waals surface area contributed by atoms with Crippen LogP contribution in [0.2, 0.25) is 0 Å². The lowest BCUT2D eigenvalue weighted by molar-refractivity contribution is -0.151. The molecule has 2 atom stereocenters. The van der Waals surface area contributed by atoms with Crippen molar-refractivity contribution < 1.29 is 24.5 Å². The summed E-state index contributed by atoms with van der Waals surface area (Å²) in [6.07, 6.45) is 1.38. The van der Waals surface area contributed by atoms with Crippen molar-refractivity contribution in [1.82, 2.24) is 0 Å². The van der Waals surface area contributed by atoms with Crippen LogP contribution in [0.4, 0.5) is 0 Å². The SMILES string of the molecule is CCC(C(=O)O)C(C)(O)CCc1ccc2c(c1)OCO2. The molecule has 0 radical (unpaired) electrons. The molecule has 5 heteroatoms. The lowest BCUT2D eigenvalue weighted by atomic mass is 9.82. The third-order valence-electron chi connectivity index (χ3n) is 3.81. The Morgan fingerprint density at radius 2 is 2.10 bits per heavy atom. The summed E-state index contributed by atoms with van der Waals surface area (Å²) in [5.74, 6) is -0.287. The minimum Gasteiger partial charge on any atom is -0.481 e. The van der Waals surface area contributed by atoms with Gasteiger partial charge in [0.05, 0.1) is 11.5 Å². The Morgan fingerprint density at radius 1 is 1.40 bits per heavy atom. The van der Waals surface area contributed by atoms with Crippen LogP contribution in [0.15, 0.2) is 18.2 Å². The molecule has 110 valence electrons. The number of aliphatic carboxylic acids is 1. The zero-order valence-electron chi connectivity index (χ0n) is 11.8. The van der Waals surface area contributed by atoms with Gasteiger partial charge in [-0.25, -0.2) is 0 Å². The maximum atomic E-state index is 11.1. The van der Waals surface area contributed by atoms with Crippen molar-refractivity contribution in [2.75, 3.05) is 6.79 Å². The Kier molecular flexibility index (Phi) is 4.18. The molecule has 1 aliphatic rings. The molecule has 2 N–H and O–H groups in total. The highest BCUT2D eigenvalue weighted by atomic mass is 16.7. The van der Waals surface area contributed by atoms with Crippen molar-refractivity contribution in [1.29, 1.82) is 0 Å². The minimum atomic E-state index is -1.23. The van der Waals surface area contributed by atoms with Gasteiger partial charge in [-0.2, -0.15) is 0 Å². The molecule has 5 nitrogen and oxygen atoms in total. The monoisotopic (exact) mass is 280 g/mol. The fourth-order valence-electron chi connectivity index (χ4n) is 2.55. The molecule has 0 aliphatic carbocycles. The van der Waals surface area contributed by atoms with Crippen LogP contribution in [-0.2, 0) is 11.2 Å². The number of aliphatic hydroxyl groups is 1. The third-order valence-corrected chi connectivity index (χ3v) is 3.81. The van der Waals surface area contributed by atoms with E-state index in [9.17, 15) is 9.90 Å². The molecular weight excluding hydrogens is 260 g/mol. The van der Waals surface area contributed by atoms with E-state index in [1.807, 2.05) is 18.2 Å². The highest BCUT2D eigenvalue weighted by Gasteiger charge is 2.35. The van der Waals surface area contributed by atoms with Gasteiger partial charge >= 0.3 is 5.97 Å². The maximum Gasteiger partial charge on any atom is 0.309 e. The van der Waals surface area contributed by atoms with E-state index in [0.29, 0.717) is 25.0 Å². The summed E-state index contributed by atoms with van der Waals surface area (Å²) in [6, 6.07) is 5.62.